The number of benzene rings is 1. The minimum Gasteiger partial charge on any atom is -0.492 e. The van der Waals surface area contributed by atoms with Crippen molar-refractivity contribution in [1.82, 2.24) is 0 Å². The summed E-state index contributed by atoms with van der Waals surface area (Å²) in [5.74, 6) is -0.648. The van der Waals surface area contributed by atoms with Crippen LogP contribution in [0.3, 0.4) is 0 Å². The van der Waals surface area contributed by atoms with E-state index in [-0.39, 0.29) is 5.75 Å². The van der Waals surface area contributed by atoms with Gasteiger partial charge in [0.05, 0.1) is 11.1 Å². The summed E-state index contributed by atoms with van der Waals surface area (Å²) < 4.78 is 41.2. The third-order valence-electron chi connectivity index (χ3n) is 2.05. The van der Waals surface area contributed by atoms with Crippen molar-refractivity contribution >= 4 is 26.0 Å². The van der Waals surface area contributed by atoms with Crippen LogP contribution in [0.2, 0.25) is 0 Å². The molecule has 0 amide bonds. The van der Waals surface area contributed by atoms with Crippen molar-refractivity contribution in [2.75, 3.05) is 6.61 Å². The van der Waals surface area contributed by atoms with E-state index in [1.54, 1.807) is 0 Å². The highest BCUT2D eigenvalue weighted by Gasteiger charge is 2.17. The first kappa shape index (κ1) is 14.4. The largest absolute Gasteiger partial charge is 0.492 e. The van der Waals surface area contributed by atoms with Gasteiger partial charge in [0.1, 0.15) is 16.5 Å². The summed E-state index contributed by atoms with van der Waals surface area (Å²) in [6, 6.07) is 2.12. The van der Waals surface area contributed by atoms with E-state index in [1.165, 1.54) is 0 Å². The number of hydrogen-bond acceptors (Lipinski definition) is 3. The summed E-state index contributed by atoms with van der Waals surface area (Å²) in [6.45, 7) is 2.45. The van der Waals surface area contributed by atoms with Crippen LogP contribution in [0.25, 0.3) is 0 Å². The molecule has 0 aliphatic heterocycles. The van der Waals surface area contributed by atoms with Gasteiger partial charge in [0.2, 0.25) is 10.0 Å². The molecule has 1 rings (SSSR count). The van der Waals surface area contributed by atoms with Gasteiger partial charge in [0, 0.05) is 6.07 Å². The fourth-order valence-electron chi connectivity index (χ4n) is 1.17. The van der Waals surface area contributed by atoms with Crippen LogP contribution in [-0.2, 0) is 10.0 Å². The first-order valence-electron chi connectivity index (χ1n) is 5.01. The third kappa shape index (κ3) is 3.93. The zero-order valence-corrected chi connectivity index (χ0v) is 11.6. The minimum atomic E-state index is -4.06. The summed E-state index contributed by atoms with van der Waals surface area (Å²) >= 11 is 3.11. The van der Waals surface area contributed by atoms with Gasteiger partial charge < -0.3 is 4.74 Å². The lowest BCUT2D eigenvalue weighted by Gasteiger charge is -2.09. The smallest absolute Gasteiger partial charge is 0.241 e. The second-order valence-corrected chi connectivity index (χ2v) is 5.84. The van der Waals surface area contributed by atoms with Crippen LogP contribution in [0, 0.1) is 5.82 Å². The van der Waals surface area contributed by atoms with Crippen LogP contribution >= 0.6 is 15.9 Å². The quantitative estimate of drug-likeness (QED) is 0.845. The number of rotatable bonds is 5. The summed E-state index contributed by atoms with van der Waals surface area (Å²) in [7, 11) is -4.06. The molecule has 7 heteroatoms. The van der Waals surface area contributed by atoms with Crippen molar-refractivity contribution < 1.29 is 17.5 Å². The number of halogens is 2. The first-order chi connectivity index (χ1) is 7.86. The number of sulfonamides is 1. The molecular weight excluding hydrogens is 313 g/mol. The Morgan fingerprint density at radius 1 is 1.47 bits per heavy atom. The Kier molecular flexibility index (Phi) is 4.91. The zero-order valence-electron chi connectivity index (χ0n) is 9.24. The molecule has 2 N–H and O–H groups in total. The van der Waals surface area contributed by atoms with E-state index in [2.05, 4.69) is 15.9 Å². The molecule has 1 aromatic rings. The maximum atomic E-state index is 13.5. The number of primary sulfonamides is 1. The Morgan fingerprint density at radius 2 is 2.12 bits per heavy atom. The number of ether oxygens (including phenoxy) is 1. The van der Waals surface area contributed by atoms with Crippen LogP contribution in [0.5, 0.6) is 5.75 Å². The van der Waals surface area contributed by atoms with Crippen molar-refractivity contribution in [3.8, 4) is 5.75 Å². The molecule has 0 saturated carbocycles. The lowest BCUT2D eigenvalue weighted by atomic mass is 10.3. The second-order valence-electron chi connectivity index (χ2n) is 3.46. The van der Waals surface area contributed by atoms with Gasteiger partial charge in [-0.3, -0.25) is 0 Å². The van der Waals surface area contributed by atoms with Crippen molar-refractivity contribution in [2.24, 2.45) is 5.14 Å². The Bertz CT molecular complexity index is 505. The van der Waals surface area contributed by atoms with Gasteiger partial charge in [-0.25, -0.2) is 17.9 Å². The molecule has 0 radical (unpaired) electrons. The lowest BCUT2D eigenvalue weighted by molar-refractivity contribution is 0.305. The van der Waals surface area contributed by atoms with Gasteiger partial charge >= 0.3 is 0 Å². The Hall–Kier alpha value is -0.660. The van der Waals surface area contributed by atoms with E-state index in [4.69, 9.17) is 9.88 Å². The van der Waals surface area contributed by atoms with Crippen molar-refractivity contribution in [3.63, 3.8) is 0 Å². The van der Waals surface area contributed by atoms with E-state index < -0.39 is 20.7 Å². The number of unbranched alkanes of at least 4 members (excludes halogenated alkanes) is 1. The van der Waals surface area contributed by atoms with Crippen molar-refractivity contribution in [2.45, 2.75) is 24.7 Å². The highest BCUT2D eigenvalue weighted by Crippen LogP contribution is 2.29. The van der Waals surface area contributed by atoms with Crippen LogP contribution in [0.4, 0.5) is 4.39 Å². The third-order valence-corrected chi connectivity index (χ3v) is 3.59. The fourth-order valence-corrected chi connectivity index (χ4v) is 2.39. The minimum absolute atomic E-state index is 0.267. The van der Waals surface area contributed by atoms with Gasteiger partial charge in [-0.1, -0.05) is 13.3 Å². The highest BCUT2D eigenvalue weighted by atomic mass is 79.9. The Labute approximate surface area is 108 Å². The van der Waals surface area contributed by atoms with Crippen LogP contribution in [0.15, 0.2) is 21.5 Å². The molecule has 17 heavy (non-hydrogen) atoms. The molecular formula is C10H13BrFNO3S. The Balaban J connectivity index is 3.02. The molecule has 0 aromatic heterocycles. The van der Waals surface area contributed by atoms with Crippen molar-refractivity contribution in [1.29, 1.82) is 0 Å². The topological polar surface area (TPSA) is 69.4 Å². The monoisotopic (exact) mass is 325 g/mol. The number of hydrogen-bond donors (Lipinski definition) is 1. The summed E-state index contributed by atoms with van der Waals surface area (Å²) in [5, 5.41) is 4.87. The van der Waals surface area contributed by atoms with Gasteiger partial charge in [-0.15, -0.1) is 0 Å². The molecule has 96 valence electrons. The summed E-state index contributed by atoms with van der Waals surface area (Å²) in [5.41, 5.74) is 0. The summed E-state index contributed by atoms with van der Waals surface area (Å²) in [6.07, 6.45) is 1.79. The first-order valence-corrected chi connectivity index (χ1v) is 7.35. The van der Waals surface area contributed by atoms with Crippen LogP contribution in [0.1, 0.15) is 19.8 Å². The standard InChI is InChI=1S/C10H13BrFNO3S/c1-2-3-4-16-9-6-8(12)10(5-7(9)11)17(13,14)15/h5-6H,2-4H2,1H3,(H2,13,14,15). The fraction of sp³-hybridized carbons (Fsp3) is 0.400. The van der Waals surface area contributed by atoms with E-state index in [9.17, 15) is 12.8 Å². The molecule has 1 aromatic carbocycles. The molecule has 0 bridgehead atoms. The SMILES string of the molecule is CCCCOc1cc(F)c(S(N)(=O)=O)cc1Br. The zero-order chi connectivity index (χ0) is 13.1. The molecule has 4 nitrogen and oxygen atoms in total. The molecule has 0 fully saturated rings. The predicted molar refractivity (Wildman–Crippen MR) is 65.9 cm³/mol. The predicted octanol–water partition coefficient (Wildman–Crippen LogP) is 2.41. The maximum absolute atomic E-state index is 13.5. The van der Waals surface area contributed by atoms with E-state index >= 15 is 0 Å². The van der Waals surface area contributed by atoms with Gasteiger partial charge in [0.25, 0.3) is 0 Å². The Morgan fingerprint density at radius 3 is 2.65 bits per heavy atom. The normalized spacial score (nSPS) is 11.5. The van der Waals surface area contributed by atoms with Gasteiger partial charge in [0.15, 0.2) is 0 Å². The molecule has 0 saturated heterocycles. The van der Waals surface area contributed by atoms with E-state index in [1.807, 2.05) is 6.92 Å². The average Bonchev–Trinajstić information content (AvgIpc) is 2.21. The number of nitrogens with two attached hydrogens (primary N) is 1. The van der Waals surface area contributed by atoms with Crippen LogP contribution < -0.4 is 9.88 Å². The molecule has 0 atom stereocenters. The van der Waals surface area contributed by atoms with E-state index in [0.29, 0.717) is 11.1 Å². The molecule has 0 aliphatic carbocycles. The van der Waals surface area contributed by atoms with Gasteiger partial charge in [-0.05, 0) is 28.4 Å². The summed E-state index contributed by atoms with van der Waals surface area (Å²) in [4.78, 5) is -0.549. The van der Waals surface area contributed by atoms with Crippen LogP contribution in [-0.4, -0.2) is 15.0 Å². The average molecular weight is 326 g/mol. The highest BCUT2D eigenvalue weighted by molar-refractivity contribution is 9.10. The lowest BCUT2D eigenvalue weighted by Crippen LogP contribution is -2.14. The second kappa shape index (κ2) is 5.79. The molecule has 0 spiro atoms. The molecule has 0 heterocycles. The van der Waals surface area contributed by atoms with E-state index in [0.717, 1.165) is 25.0 Å². The molecule has 0 aliphatic rings. The maximum Gasteiger partial charge on any atom is 0.241 e. The van der Waals surface area contributed by atoms with Crippen molar-refractivity contribution in [3.05, 3.63) is 22.4 Å². The molecule has 0 unspecified atom stereocenters. The van der Waals surface area contributed by atoms with Gasteiger partial charge in [-0.2, -0.15) is 0 Å².